The van der Waals surface area contributed by atoms with E-state index >= 15 is 0 Å². The van der Waals surface area contributed by atoms with Crippen molar-refractivity contribution >= 4 is 0 Å². The lowest BCUT2D eigenvalue weighted by Crippen LogP contribution is -2.62. The maximum absolute atomic E-state index is 4.15. The summed E-state index contributed by atoms with van der Waals surface area (Å²) in [6.07, 6.45) is 52.7. The van der Waals surface area contributed by atoms with Gasteiger partial charge in [0, 0.05) is 61.4 Å². The fourth-order valence-electron chi connectivity index (χ4n) is 21.3. The Kier molecular flexibility index (Phi) is 13.1. The van der Waals surface area contributed by atoms with Crippen molar-refractivity contribution in [1.82, 2.24) is 31.1 Å². The summed E-state index contributed by atoms with van der Waals surface area (Å²) in [5.74, 6) is 11.8. The van der Waals surface area contributed by atoms with Gasteiger partial charge in [0.1, 0.15) is 0 Å². The van der Waals surface area contributed by atoms with Crippen molar-refractivity contribution in [3.63, 3.8) is 0 Å². The number of rotatable bonds is 6. The molecule has 6 heteroatoms. The molecule has 64 heavy (non-hydrogen) atoms. The molecule has 4 heterocycles. The van der Waals surface area contributed by atoms with Crippen molar-refractivity contribution in [2.45, 2.75) is 279 Å². The first-order valence-electron chi connectivity index (χ1n) is 30.3. The molecular formula is C58H98N6. The maximum atomic E-state index is 4.15. The highest BCUT2D eigenvalue weighted by Crippen LogP contribution is 2.61. The lowest BCUT2D eigenvalue weighted by molar-refractivity contribution is 0.00707. The topological polar surface area (TPSA) is 54.6 Å². The summed E-state index contributed by atoms with van der Waals surface area (Å²) in [5, 5.41) is 16.3. The van der Waals surface area contributed by atoms with Crippen molar-refractivity contribution in [3.05, 3.63) is 0 Å². The minimum atomic E-state index is 0.606. The van der Waals surface area contributed by atoms with Gasteiger partial charge in [-0.05, 0) is 238 Å². The third kappa shape index (κ3) is 8.20. The quantitative estimate of drug-likeness (QED) is 0.213. The fourth-order valence-corrected chi connectivity index (χ4v) is 21.3. The van der Waals surface area contributed by atoms with Gasteiger partial charge in [-0.15, -0.1) is 0 Å². The van der Waals surface area contributed by atoms with Crippen molar-refractivity contribution in [3.8, 4) is 0 Å². The molecule has 0 aromatic rings. The lowest BCUT2D eigenvalue weighted by Gasteiger charge is -2.49. The molecular weight excluding hydrogens is 781 g/mol. The lowest BCUT2D eigenvalue weighted by atomic mass is 9.61. The van der Waals surface area contributed by atoms with Gasteiger partial charge in [0.15, 0.2) is 0 Å². The predicted octanol–water partition coefficient (Wildman–Crippen LogP) is 11.4. The van der Waals surface area contributed by atoms with Crippen LogP contribution in [0.5, 0.6) is 0 Å². The molecule has 360 valence electrons. The average Bonchev–Trinajstić information content (AvgIpc) is 3.89. The molecule has 0 bridgehead atoms. The standard InChI is InChI=1S/C58H98N6/c1-5-13-49-43(9-1)35-59-57(61-49)41-21-17-37(18-22-41)39-25-29-45(30-26-39)63-51-15-7-3-11-47(51)55-53(63)33-34-54-56(55)48-12-4-8-16-52(48)64(54)46-31-27-40(28-32-46)38-19-23-42(24-20-38)58-60-36-44-10-2-6-14-50(44)62-58/h37-62H,1-36H2. The molecule has 9 aliphatic carbocycles. The van der Waals surface area contributed by atoms with Gasteiger partial charge in [0.2, 0.25) is 0 Å². The first-order chi connectivity index (χ1) is 31.7. The van der Waals surface area contributed by atoms with E-state index in [4.69, 9.17) is 0 Å². The Morgan fingerprint density at radius 1 is 0.266 bits per heavy atom. The zero-order chi connectivity index (χ0) is 42.1. The Morgan fingerprint density at radius 2 is 0.609 bits per heavy atom. The number of fused-ring (bicyclic) bond motifs is 9. The summed E-state index contributed by atoms with van der Waals surface area (Å²) in [4.78, 5) is 6.79. The Labute approximate surface area is 392 Å². The number of nitrogens with zero attached hydrogens (tertiary/aromatic N) is 2. The van der Waals surface area contributed by atoms with E-state index in [9.17, 15) is 0 Å². The summed E-state index contributed by atoms with van der Waals surface area (Å²) >= 11 is 0. The molecule has 4 saturated heterocycles. The first kappa shape index (κ1) is 43.8. The molecule has 13 fully saturated rings. The largest absolute Gasteiger partial charge is 0.301 e. The second kappa shape index (κ2) is 19.2. The number of nitrogens with one attached hydrogen (secondary N) is 4. The summed E-state index contributed by atoms with van der Waals surface area (Å²) in [6.45, 7) is 2.57. The van der Waals surface area contributed by atoms with Crippen LogP contribution in [0.1, 0.15) is 218 Å². The van der Waals surface area contributed by atoms with Crippen molar-refractivity contribution in [2.24, 2.45) is 71.0 Å². The molecule has 4 N–H and O–H groups in total. The normalized spacial score (nSPS) is 53.8. The van der Waals surface area contributed by atoms with Crippen LogP contribution in [-0.4, -0.2) is 83.6 Å². The molecule has 0 radical (unpaired) electrons. The minimum Gasteiger partial charge on any atom is -0.301 e. The highest BCUT2D eigenvalue weighted by Gasteiger charge is 2.63. The molecule has 14 atom stereocenters. The van der Waals surface area contributed by atoms with E-state index in [0.717, 1.165) is 119 Å². The highest BCUT2D eigenvalue weighted by atomic mass is 15.3. The van der Waals surface area contributed by atoms with Crippen LogP contribution in [0.15, 0.2) is 0 Å². The molecule has 4 aliphatic heterocycles. The van der Waals surface area contributed by atoms with Gasteiger partial charge >= 0.3 is 0 Å². The molecule has 0 aromatic heterocycles. The van der Waals surface area contributed by atoms with E-state index in [-0.39, 0.29) is 0 Å². The SMILES string of the molecule is C1CCC2NC(C3CCC(C4CCC(N5C6CCCCC6C6C7C8CCCCC8N(C8CCC(C9CCC(C%10NCC%11CCCCC%11N%10)CC9)CC8)C7CCC65)CC4)CC3)NCC2C1. The number of hydrogen-bond acceptors (Lipinski definition) is 6. The van der Waals surface area contributed by atoms with Crippen molar-refractivity contribution in [1.29, 1.82) is 0 Å². The van der Waals surface area contributed by atoms with Crippen molar-refractivity contribution in [2.75, 3.05) is 13.1 Å². The second-order valence-corrected chi connectivity index (χ2v) is 26.7. The van der Waals surface area contributed by atoms with E-state index in [1.165, 1.54) is 167 Å². The van der Waals surface area contributed by atoms with Gasteiger partial charge in [0.25, 0.3) is 0 Å². The Bertz CT molecular complexity index is 1410. The second-order valence-electron chi connectivity index (χ2n) is 26.7. The van der Waals surface area contributed by atoms with E-state index in [1.807, 2.05) is 0 Å². The Balaban J connectivity index is 0.625. The molecule has 13 rings (SSSR count). The van der Waals surface area contributed by atoms with E-state index in [2.05, 4.69) is 31.1 Å². The smallest absolute Gasteiger partial charge is 0.0603 e. The third-order valence-corrected chi connectivity index (χ3v) is 24.2. The zero-order valence-corrected chi connectivity index (χ0v) is 41.1. The minimum absolute atomic E-state index is 0.606. The molecule has 9 saturated carbocycles. The molecule has 0 aromatic carbocycles. The Morgan fingerprint density at radius 3 is 1.03 bits per heavy atom. The van der Waals surface area contributed by atoms with Gasteiger partial charge < -0.3 is 10.6 Å². The summed E-state index contributed by atoms with van der Waals surface area (Å²) in [5.41, 5.74) is 0. The van der Waals surface area contributed by atoms with Crippen LogP contribution in [0.3, 0.4) is 0 Å². The summed E-state index contributed by atoms with van der Waals surface area (Å²) in [6, 6.07) is 7.18. The molecule has 14 unspecified atom stereocenters. The predicted molar refractivity (Wildman–Crippen MR) is 263 cm³/mol. The van der Waals surface area contributed by atoms with Gasteiger partial charge in [0.05, 0.1) is 12.3 Å². The van der Waals surface area contributed by atoms with Gasteiger partial charge in [-0.1, -0.05) is 51.4 Å². The molecule has 0 amide bonds. The summed E-state index contributed by atoms with van der Waals surface area (Å²) < 4.78 is 0. The van der Waals surface area contributed by atoms with Crippen LogP contribution in [0, 0.1) is 71.0 Å². The number of hydrogen-bond donors (Lipinski definition) is 4. The third-order valence-electron chi connectivity index (χ3n) is 24.2. The molecule has 0 spiro atoms. The van der Waals surface area contributed by atoms with Crippen LogP contribution in [-0.2, 0) is 0 Å². The van der Waals surface area contributed by atoms with E-state index in [0.29, 0.717) is 12.3 Å². The first-order valence-corrected chi connectivity index (χ1v) is 30.3. The van der Waals surface area contributed by atoms with Crippen LogP contribution >= 0.6 is 0 Å². The zero-order valence-electron chi connectivity index (χ0n) is 41.1. The highest BCUT2D eigenvalue weighted by molar-refractivity contribution is 5.16. The van der Waals surface area contributed by atoms with E-state index in [1.54, 1.807) is 64.2 Å². The van der Waals surface area contributed by atoms with E-state index < -0.39 is 0 Å². The Hall–Kier alpha value is -0.240. The van der Waals surface area contributed by atoms with Gasteiger partial charge in [-0.3, -0.25) is 20.4 Å². The van der Waals surface area contributed by atoms with Gasteiger partial charge in [-0.2, -0.15) is 0 Å². The molecule has 13 aliphatic rings. The monoisotopic (exact) mass is 879 g/mol. The molecule has 6 nitrogen and oxygen atoms in total. The van der Waals surface area contributed by atoms with Crippen LogP contribution in [0.4, 0.5) is 0 Å². The fraction of sp³-hybridized carbons (Fsp3) is 1.00. The average molecular weight is 879 g/mol. The van der Waals surface area contributed by atoms with Gasteiger partial charge in [-0.25, -0.2) is 0 Å². The summed E-state index contributed by atoms with van der Waals surface area (Å²) in [7, 11) is 0. The van der Waals surface area contributed by atoms with Crippen molar-refractivity contribution < 1.29 is 0 Å². The maximum Gasteiger partial charge on any atom is 0.0603 e. The van der Waals surface area contributed by atoms with Crippen LogP contribution < -0.4 is 21.3 Å². The number of likely N-dealkylation sites (tertiary alicyclic amines) is 2. The van der Waals surface area contributed by atoms with Crippen LogP contribution in [0.25, 0.3) is 0 Å². The van der Waals surface area contributed by atoms with Crippen LogP contribution in [0.2, 0.25) is 0 Å².